The maximum Gasteiger partial charge on any atom is 0.272 e. The topological polar surface area (TPSA) is 106 Å². The van der Waals surface area contributed by atoms with Crippen LogP contribution in [0.4, 0.5) is 11.4 Å². The number of nitrogens with one attached hydrogen (secondary N) is 3. The normalized spacial score (nSPS) is 11.5. The van der Waals surface area contributed by atoms with Crippen LogP contribution in [-0.2, 0) is 9.59 Å². The molecule has 6 aromatic carbocycles. The summed E-state index contributed by atoms with van der Waals surface area (Å²) in [4.78, 5) is 41.5. The van der Waals surface area contributed by atoms with Gasteiger partial charge in [0.05, 0.1) is 19.9 Å². The monoisotopic (exact) mass is 719 g/mol. The van der Waals surface area contributed by atoms with E-state index in [1.807, 2.05) is 103 Å². The zero-order valence-electron chi connectivity index (χ0n) is 29.1. The summed E-state index contributed by atoms with van der Waals surface area (Å²) in [5, 5.41) is 8.10. The van der Waals surface area contributed by atoms with E-state index >= 15 is 0 Å². The maximum atomic E-state index is 13.8. The molecule has 9 heteroatoms. The van der Waals surface area contributed by atoms with Crippen LogP contribution in [0.1, 0.15) is 26.7 Å². The summed E-state index contributed by atoms with van der Waals surface area (Å²) in [6, 6.07) is 48.4. The SMILES string of the molecule is COc1ccc(OC)c(NC(=O)C(Sc2ccc(NC(=O)/C(=C/c3ccc(-c4ccccc4)cc3)NC(=O)c3ccccc3)cc2)c2ccccc2)c1. The highest BCUT2D eigenvalue weighted by Gasteiger charge is 2.24. The van der Waals surface area contributed by atoms with Crippen molar-refractivity contribution < 1.29 is 23.9 Å². The predicted molar refractivity (Wildman–Crippen MR) is 212 cm³/mol. The number of hydrogen-bond acceptors (Lipinski definition) is 6. The molecule has 0 heterocycles. The van der Waals surface area contributed by atoms with Gasteiger partial charge in [-0.2, -0.15) is 0 Å². The highest BCUT2D eigenvalue weighted by atomic mass is 32.2. The van der Waals surface area contributed by atoms with Crippen LogP contribution >= 0.6 is 11.8 Å². The van der Waals surface area contributed by atoms with Crippen molar-refractivity contribution in [1.82, 2.24) is 5.32 Å². The van der Waals surface area contributed by atoms with Crippen molar-refractivity contribution in [2.24, 2.45) is 0 Å². The number of methoxy groups -OCH3 is 2. The Morgan fingerprint density at radius 2 is 1.26 bits per heavy atom. The largest absolute Gasteiger partial charge is 0.497 e. The lowest BCUT2D eigenvalue weighted by atomic mass is 10.0. The Balaban J connectivity index is 1.20. The third kappa shape index (κ3) is 9.61. The second-order valence-electron chi connectivity index (χ2n) is 11.8. The molecule has 0 saturated carbocycles. The van der Waals surface area contributed by atoms with Crippen molar-refractivity contribution in [2.45, 2.75) is 10.1 Å². The van der Waals surface area contributed by atoms with Crippen LogP contribution in [0.2, 0.25) is 0 Å². The fourth-order valence-corrected chi connectivity index (χ4v) is 6.50. The minimum atomic E-state index is -0.608. The van der Waals surface area contributed by atoms with Crippen molar-refractivity contribution in [3.8, 4) is 22.6 Å². The molecule has 1 atom stereocenters. The molecule has 53 heavy (non-hydrogen) atoms. The summed E-state index contributed by atoms with van der Waals surface area (Å²) in [7, 11) is 3.10. The lowest BCUT2D eigenvalue weighted by molar-refractivity contribution is -0.116. The smallest absolute Gasteiger partial charge is 0.272 e. The Bertz CT molecular complexity index is 2190. The Kier molecular flexibility index (Phi) is 12.0. The van der Waals surface area contributed by atoms with Gasteiger partial charge in [0.2, 0.25) is 5.91 Å². The molecular weight excluding hydrogens is 683 g/mol. The van der Waals surface area contributed by atoms with Gasteiger partial charge in [-0.3, -0.25) is 14.4 Å². The average Bonchev–Trinajstić information content (AvgIpc) is 3.21. The number of carbonyl (C=O) groups is 3. The predicted octanol–water partition coefficient (Wildman–Crippen LogP) is 9.25. The summed E-state index contributed by atoms with van der Waals surface area (Å²) >= 11 is 1.37. The summed E-state index contributed by atoms with van der Waals surface area (Å²) in [5.41, 5.74) is 5.18. The van der Waals surface area contributed by atoms with Crippen LogP contribution < -0.4 is 25.4 Å². The van der Waals surface area contributed by atoms with Crippen molar-refractivity contribution in [3.63, 3.8) is 0 Å². The standard InChI is InChI=1S/C44H37N3O5S/c1-51-36-24-27-40(52-2)38(29-36)46-44(50)41(33-14-8-4-9-15-33)53-37-25-22-35(23-26-37)45-43(49)39(47-42(48)34-16-10-5-11-17-34)28-30-18-20-32(21-19-30)31-12-6-3-7-13-31/h3-29,41H,1-2H3,(H,45,49)(H,46,50)(H,47,48)/b39-28-. The van der Waals surface area contributed by atoms with E-state index in [2.05, 4.69) is 16.0 Å². The molecule has 0 aliphatic heterocycles. The van der Waals surface area contributed by atoms with Gasteiger partial charge in [-0.25, -0.2) is 0 Å². The minimum absolute atomic E-state index is 0.0820. The Hall–Kier alpha value is -6.58. The second-order valence-corrected chi connectivity index (χ2v) is 13.0. The first-order valence-corrected chi connectivity index (χ1v) is 17.7. The maximum absolute atomic E-state index is 13.8. The molecule has 6 rings (SSSR count). The molecular formula is C44H37N3O5S. The average molecular weight is 720 g/mol. The molecule has 0 radical (unpaired) electrons. The zero-order valence-corrected chi connectivity index (χ0v) is 29.9. The van der Waals surface area contributed by atoms with Gasteiger partial charge >= 0.3 is 0 Å². The first kappa shape index (κ1) is 36.2. The number of ether oxygens (including phenoxy) is 2. The van der Waals surface area contributed by atoms with E-state index in [4.69, 9.17) is 9.47 Å². The Morgan fingerprint density at radius 1 is 0.642 bits per heavy atom. The first-order chi connectivity index (χ1) is 25.9. The van der Waals surface area contributed by atoms with Crippen LogP contribution in [0.3, 0.4) is 0 Å². The summed E-state index contributed by atoms with van der Waals surface area (Å²) < 4.78 is 10.8. The van der Waals surface area contributed by atoms with Crippen LogP contribution in [0.15, 0.2) is 168 Å². The van der Waals surface area contributed by atoms with Gasteiger partial charge in [-0.05, 0) is 76.9 Å². The van der Waals surface area contributed by atoms with Crippen molar-refractivity contribution >= 4 is 46.9 Å². The Morgan fingerprint density at radius 3 is 1.91 bits per heavy atom. The third-order valence-corrected chi connectivity index (χ3v) is 9.49. The summed E-state index contributed by atoms with van der Waals surface area (Å²) in [6.45, 7) is 0. The molecule has 0 aromatic heterocycles. The van der Waals surface area contributed by atoms with E-state index in [-0.39, 0.29) is 11.6 Å². The van der Waals surface area contributed by atoms with E-state index in [0.29, 0.717) is 28.4 Å². The van der Waals surface area contributed by atoms with Crippen molar-refractivity contribution in [3.05, 3.63) is 180 Å². The van der Waals surface area contributed by atoms with Gasteiger partial charge in [0.15, 0.2) is 0 Å². The molecule has 0 aliphatic rings. The van der Waals surface area contributed by atoms with Crippen LogP contribution in [-0.4, -0.2) is 31.9 Å². The van der Waals surface area contributed by atoms with Gasteiger partial charge in [0.25, 0.3) is 11.8 Å². The fraction of sp³-hybridized carbons (Fsp3) is 0.0682. The molecule has 6 aromatic rings. The molecule has 8 nitrogen and oxygen atoms in total. The number of anilines is 2. The van der Waals surface area contributed by atoms with Crippen LogP contribution in [0.25, 0.3) is 17.2 Å². The lowest BCUT2D eigenvalue weighted by Gasteiger charge is -2.19. The van der Waals surface area contributed by atoms with E-state index in [1.165, 1.54) is 11.8 Å². The molecule has 0 bridgehead atoms. The number of amides is 3. The van der Waals surface area contributed by atoms with Crippen LogP contribution in [0.5, 0.6) is 11.5 Å². The number of carbonyl (C=O) groups excluding carboxylic acids is 3. The molecule has 264 valence electrons. The van der Waals surface area contributed by atoms with Crippen molar-refractivity contribution in [2.75, 3.05) is 24.9 Å². The quantitative estimate of drug-likeness (QED) is 0.0812. The van der Waals surface area contributed by atoms with Gasteiger partial charge in [-0.15, -0.1) is 11.8 Å². The second kappa shape index (κ2) is 17.6. The van der Waals surface area contributed by atoms with E-state index in [1.54, 1.807) is 74.9 Å². The first-order valence-electron chi connectivity index (χ1n) is 16.8. The van der Waals surface area contributed by atoms with E-state index < -0.39 is 17.1 Å². The van der Waals surface area contributed by atoms with Crippen molar-refractivity contribution in [1.29, 1.82) is 0 Å². The van der Waals surface area contributed by atoms with Gasteiger partial charge < -0.3 is 25.4 Å². The Labute approximate surface area is 312 Å². The van der Waals surface area contributed by atoms with Gasteiger partial charge in [-0.1, -0.05) is 103 Å². The molecule has 3 N–H and O–H groups in total. The highest BCUT2D eigenvalue weighted by Crippen LogP contribution is 2.38. The molecule has 0 saturated heterocycles. The molecule has 0 spiro atoms. The lowest BCUT2D eigenvalue weighted by Crippen LogP contribution is -2.30. The molecule has 1 unspecified atom stereocenters. The fourth-order valence-electron chi connectivity index (χ4n) is 5.47. The van der Waals surface area contributed by atoms with Gasteiger partial charge in [0.1, 0.15) is 22.4 Å². The summed E-state index contributed by atoms with van der Waals surface area (Å²) in [5.74, 6) is -0.0483. The van der Waals surface area contributed by atoms with Crippen LogP contribution in [0, 0.1) is 0 Å². The highest BCUT2D eigenvalue weighted by molar-refractivity contribution is 8.00. The molecule has 3 amide bonds. The number of benzene rings is 6. The number of rotatable bonds is 13. The number of hydrogen-bond donors (Lipinski definition) is 3. The number of thioether (sulfide) groups is 1. The molecule has 0 fully saturated rings. The zero-order chi connectivity index (χ0) is 37.0. The third-order valence-electron chi connectivity index (χ3n) is 8.23. The van der Waals surface area contributed by atoms with E-state index in [9.17, 15) is 14.4 Å². The minimum Gasteiger partial charge on any atom is -0.497 e. The molecule has 0 aliphatic carbocycles. The van der Waals surface area contributed by atoms with Gasteiger partial charge in [0, 0.05) is 22.2 Å². The summed E-state index contributed by atoms with van der Waals surface area (Å²) in [6.07, 6.45) is 1.65. The van der Waals surface area contributed by atoms with E-state index in [0.717, 1.165) is 27.1 Å².